The van der Waals surface area contributed by atoms with Crippen molar-refractivity contribution in [1.82, 2.24) is 10.3 Å². The first-order valence-electron chi connectivity index (χ1n) is 9.38. The lowest BCUT2D eigenvalue weighted by Crippen LogP contribution is -2.25. The zero-order valence-corrected chi connectivity index (χ0v) is 16.3. The number of hydrogen-bond donors (Lipinski definition) is 2. The molecule has 0 aliphatic carbocycles. The van der Waals surface area contributed by atoms with E-state index >= 15 is 0 Å². The number of H-pyrrole nitrogens is 1. The van der Waals surface area contributed by atoms with Crippen LogP contribution < -0.4 is 10.1 Å². The number of amides is 2. The van der Waals surface area contributed by atoms with Gasteiger partial charge < -0.3 is 9.72 Å². The van der Waals surface area contributed by atoms with Gasteiger partial charge in [-0.2, -0.15) is 0 Å². The summed E-state index contributed by atoms with van der Waals surface area (Å²) in [5, 5.41) is 5.13. The predicted molar refractivity (Wildman–Crippen MR) is 115 cm³/mol. The van der Waals surface area contributed by atoms with Gasteiger partial charge in [0.05, 0.1) is 5.25 Å². The van der Waals surface area contributed by atoms with Crippen LogP contribution in [-0.2, 0) is 17.8 Å². The van der Waals surface area contributed by atoms with Crippen LogP contribution in [0.25, 0.3) is 21.7 Å². The molecule has 1 aliphatic rings. The lowest BCUT2D eigenvalue weighted by atomic mass is 10.1. The van der Waals surface area contributed by atoms with Crippen LogP contribution in [0.15, 0.2) is 66.7 Å². The van der Waals surface area contributed by atoms with E-state index in [0.29, 0.717) is 13.0 Å². The van der Waals surface area contributed by atoms with Crippen molar-refractivity contribution in [1.29, 1.82) is 0 Å². The molecule has 4 aromatic rings. The summed E-state index contributed by atoms with van der Waals surface area (Å²) in [5.74, 6) is 0.556. The van der Waals surface area contributed by atoms with Crippen molar-refractivity contribution in [2.45, 2.75) is 18.3 Å². The number of carbonyl (C=O) groups excluding carboxylic acids is 2. The molecule has 1 fully saturated rings. The summed E-state index contributed by atoms with van der Waals surface area (Å²) in [4.78, 5) is 26.4. The summed E-state index contributed by atoms with van der Waals surface area (Å²) in [7, 11) is 0. The van der Waals surface area contributed by atoms with Gasteiger partial charge in [-0.05, 0) is 46.0 Å². The summed E-state index contributed by atoms with van der Waals surface area (Å²) in [5.41, 5.74) is 2.99. The lowest BCUT2D eigenvalue weighted by molar-refractivity contribution is -0.118. The summed E-state index contributed by atoms with van der Waals surface area (Å²) in [6.07, 6.45) is 0.490. The van der Waals surface area contributed by atoms with Gasteiger partial charge in [0.1, 0.15) is 12.4 Å². The molecular weight excluding hydrogens is 384 g/mol. The molecule has 2 heterocycles. The van der Waals surface area contributed by atoms with E-state index in [-0.39, 0.29) is 16.4 Å². The first-order chi connectivity index (χ1) is 14.1. The van der Waals surface area contributed by atoms with Crippen LogP contribution in [0.3, 0.4) is 0 Å². The molecule has 2 N–H and O–H groups in total. The molecule has 0 saturated carbocycles. The number of hydrogen-bond acceptors (Lipinski definition) is 4. The van der Waals surface area contributed by atoms with Crippen LogP contribution in [0.5, 0.6) is 5.75 Å². The molecule has 29 heavy (non-hydrogen) atoms. The molecule has 1 aromatic heterocycles. The Morgan fingerprint density at radius 3 is 2.55 bits per heavy atom. The van der Waals surface area contributed by atoms with Crippen molar-refractivity contribution in [2.75, 3.05) is 0 Å². The van der Waals surface area contributed by atoms with Crippen LogP contribution >= 0.6 is 11.8 Å². The first-order valence-corrected chi connectivity index (χ1v) is 10.3. The molecule has 1 saturated heterocycles. The van der Waals surface area contributed by atoms with Crippen LogP contribution in [0.1, 0.15) is 11.3 Å². The second-order valence-corrected chi connectivity index (χ2v) is 8.28. The molecule has 6 heteroatoms. The number of thioether (sulfide) groups is 1. The van der Waals surface area contributed by atoms with Gasteiger partial charge in [0, 0.05) is 23.7 Å². The van der Waals surface area contributed by atoms with Crippen molar-refractivity contribution < 1.29 is 14.3 Å². The van der Waals surface area contributed by atoms with E-state index in [1.807, 2.05) is 36.4 Å². The minimum Gasteiger partial charge on any atom is -0.489 e. The number of carbonyl (C=O) groups is 2. The Labute approximate surface area is 171 Å². The van der Waals surface area contributed by atoms with Gasteiger partial charge in [-0.3, -0.25) is 14.9 Å². The third kappa shape index (κ3) is 3.71. The molecule has 144 valence electrons. The topological polar surface area (TPSA) is 71.2 Å². The van der Waals surface area contributed by atoms with Crippen molar-refractivity contribution in [2.24, 2.45) is 0 Å². The maximum atomic E-state index is 11.8. The minimum atomic E-state index is -0.376. The van der Waals surface area contributed by atoms with Crippen LogP contribution in [0.2, 0.25) is 0 Å². The number of ether oxygens (including phenoxy) is 1. The fraction of sp³-hybridized carbons (Fsp3) is 0.130. The second kappa shape index (κ2) is 7.29. The maximum Gasteiger partial charge on any atom is 0.286 e. The predicted octanol–water partition coefficient (Wildman–Crippen LogP) is 4.79. The molecule has 2 amide bonds. The van der Waals surface area contributed by atoms with E-state index in [9.17, 15) is 9.59 Å². The lowest BCUT2D eigenvalue weighted by Gasteiger charge is -2.07. The number of aromatic amines is 1. The molecule has 5 nitrogen and oxygen atoms in total. The Hall–Kier alpha value is -3.25. The Bertz CT molecular complexity index is 1250. The third-order valence-corrected chi connectivity index (χ3v) is 6.02. The molecule has 0 bridgehead atoms. The Balaban J connectivity index is 1.30. The zero-order chi connectivity index (χ0) is 19.8. The quantitative estimate of drug-likeness (QED) is 0.503. The summed E-state index contributed by atoms with van der Waals surface area (Å²) in [6.45, 7) is 0.491. The highest BCUT2D eigenvalue weighted by molar-refractivity contribution is 8.15. The molecule has 3 aromatic carbocycles. The number of aromatic nitrogens is 1. The van der Waals surface area contributed by atoms with Gasteiger partial charge in [0.25, 0.3) is 5.24 Å². The second-order valence-electron chi connectivity index (χ2n) is 7.10. The fourth-order valence-electron chi connectivity index (χ4n) is 3.59. The third-order valence-electron chi connectivity index (χ3n) is 5.04. The average molecular weight is 402 g/mol. The summed E-state index contributed by atoms with van der Waals surface area (Å²) in [6, 6.07) is 22.5. The van der Waals surface area contributed by atoms with E-state index in [2.05, 4.69) is 40.6 Å². The molecule has 0 radical (unpaired) electrons. The highest BCUT2D eigenvalue weighted by atomic mass is 32.2. The Morgan fingerprint density at radius 1 is 0.897 bits per heavy atom. The SMILES string of the molecule is O=C1NC(=O)C(Cc2cc3ccc(OCc4ccc5ccccc5c4)cc3[nH]2)S1. The number of imide groups is 1. The van der Waals surface area contributed by atoms with Gasteiger partial charge in [0.15, 0.2) is 0 Å². The molecule has 1 unspecified atom stereocenters. The fourth-order valence-corrected chi connectivity index (χ4v) is 4.44. The van der Waals surface area contributed by atoms with Gasteiger partial charge in [0.2, 0.25) is 5.91 Å². The highest BCUT2D eigenvalue weighted by Gasteiger charge is 2.31. The van der Waals surface area contributed by atoms with Gasteiger partial charge in [-0.1, -0.05) is 48.2 Å². The largest absolute Gasteiger partial charge is 0.489 e. The molecule has 0 spiro atoms. The van der Waals surface area contributed by atoms with Crippen molar-refractivity contribution in [3.63, 3.8) is 0 Å². The van der Waals surface area contributed by atoms with Crippen molar-refractivity contribution in [3.05, 3.63) is 78.0 Å². The number of fused-ring (bicyclic) bond motifs is 2. The molecule has 5 rings (SSSR count). The highest BCUT2D eigenvalue weighted by Crippen LogP contribution is 2.27. The van der Waals surface area contributed by atoms with Crippen LogP contribution in [0.4, 0.5) is 4.79 Å². The van der Waals surface area contributed by atoms with E-state index in [4.69, 9.17) is 4.74 Å². The molecular formula is C23H18N2O3S. The molecule has 1 atom stereocenters. The number of nitrogens with one attached hydrogen (secondary N) is 2. The summed E-state index contributed by atoms with van der Waals surface area (Å²) >= 11 is 1.04. The standard InChI is InChI=1S/C23H18N2O3S/c26-22-21(29-23(27)25-22)11-18-10-17-7-8-19(12-20(17)24-18)28-13-14-5-6-15-3-1-2-4-16(15)9-14/h1-10,12,21,24H,11,13H2,(H,25,26,27). The smallest absolute Gasteiger partial charge is 0.286 e. The van der Waals surface area contributed by atoms with Gasteiger partial charge in [-0.25, -0.2) is 0 Å². The molecule has 1 aliphatic heterocycles. The van der Waals surface area contributed by atoms with Crippen LogP contribution in [-0.4, -0.2) is 21.4 Å². The zero-order valence-electron chi connectivity index (χ0n) is 15.5. The number of rotatable bonds is 5. The normalized spacial score (nSPS) is 16.5. The van der Waals surface area contributed by atoms with Crippen molar-refractivity contribution >= 4 is 44.6 Å². The van der Waals surface area contributed by atoms with E-state index < -0.39 is 0 Å². The average Bonchev–Trinajstić information content (AvgIpc) is 3.27. The van der Waals surface area contributed by atoms with Crippen molar-refractivity contribution in [3.8, 4) is 5.75 Å². The Morgan fingerprint density at radius 2 is 1.72 bits per heavy atom. The minimum absolute atomic E-state index is 0.224. The number of benzene rings is 3. The monoisotopic (exact) mass is 402 g/mol. The van der Waals surface area contributed by atoms with Gasteiger partial charge in [-0.15, -0.1) is 0 Å². The van der Waals surface area contributed by atoms with E-state index in [1.165, 1.54) is 10.8 Å². The van der Waals surface area contributed by atoms with Crippen LogP contribution in [0, 0.1) is 0 Å². The van der Waals surface area contributed by atoms with E-state index in [1.54, 1.807) is 0 Å². The Kier molecular flexibility index (Phi) is 4.48. The first kappa shape index (κ1) is 17.8. The maximum absolute atomic E-state index is 11.8. The van der Waals surface area contributed by atoms with Gasteiger partial charge >= 0.3 is 0 Å². The van der Waals surface area contributed by atoms with E-state index in [0.717, 1.165) is 39.7 Å². The summed E-state index contributed by atoms with van der Waals surface area (Å²) < 4.78 is 5.99.